The van der Waals surface area contributed by atoms with Gasteiger partial charge in [0.15, 0.2) is 0 Å². The van der Waals surface area contributed by atoms with Gasteiger partial charge in [-0.15, -0.1) is 0 Å². The van der Waals surface area contributed by atoms with Gasteiger partial charge < -0.3 is 14.8 Å². The van der Waals surface area contributed by atoms with Gasteiger partial charge in [0.1, 0.15) is 11.5 Å². The van der Waals surface area contributed by atoms with E-state index >= 15 is 0 Å². The Bertz CT molecular complexity index is 437. The number of ether oxygens (including phenoxy) is 2. The lowest BCUT2D eigenvalue weighted by Gasteiger charge is -2.32. The van der Waals surface area contributed by atoms with Crippen LogP contribution in [0.15, 0.2) is 18.2 Å². The molecule has 1 aliphatic rings. The van der Waals surface area contributed by atoms with Crippen LogP contribution in [0.2, 0.25) is 0 Å². The van der Waals surface area contributed by atoms with Crippen LogP contribution in [-0.2, 0) is 6.42 Å². The Morgan fingerprint density at radius 2 is 2.05 bits per heavy atom. The molecule has 3 heteroatoms. The predicted octanol–water partition coefficient (Wildman–Crippen LogP) is 3.41. The number of rotatable bonds is 6. The average molecular weight is 277 g/mol. The Hall–Kier alpha value is -1.22. The largest absolute Gasteiger partial charge is 0.497 e. The highest BCUT2D eigenvalue weighted by Crippen LogP contribution is 2.34. The summed E-state index contributed by atoms with van der Waals surface area (Å²) in [5.41, 5.74) is 1.45. The molecule has 1 N–H and O–H groups in total. The van der Waals surface area contributed by atoms with Crippen LogP contribution in [-0.4, -0.2) is 26.3 Å². The molecule has 112 valence electrons. The first kappa shape index (κ1) is 15.2. The Labute approximate surface area is 122 Å². The molecule has 1 saturated heterocycles. The fraction of sp³-hybridized carbons (Fsp3) is 0.647. The van der Waals surface area contributed by atoms with Crippen molar-refractivity contribution in [2.45, 2.75) is 45.1 Å². The van der Waals surface area contributed by atoms with E-state index in [0.717, 1.165) is 24.5 Å². The van der Waals surface area contributed by atoms with E-state index in [-0.39, 0.29) is 5.54 Å². The first-order chi connectivity index (χ1) is 9.58. The second-order valence-corrected chi connectivity index (χ2v) is 6.26. The standard InChI is InChI=1S/C17H27NO2/c1-13(2)11-17(8-5-9-18-17)12-14-10-15(19-3)6-7-16(14)20-4/h6-7,10,13,18H,5,8-9,11-12H2,1-4H3. The highest BCUT2D eigenvalue weighted by atomic mass is 16.5. The number of hydrogen-bond acceptors (Lipinski definition) is 3. The highest BCUT2D eigenvalue weighted by Gasteiger charge is 2.34. The van der Waals surface area contributed by atoms with Gasteiger partial charge >= 0.3 is 0 Å². The minimum Gasteiger partial charge on any atom is -0.497 e. The maximum Gasteiger partial charge on any atom is 0.122 e. The van der Waals surface area contributed by atoms with Crippen molar-refractivity contribution in [1.29, 1.82) is 0 Å². The minimum atomic E-state index is 0.216. The molecule has 1 heterocycles. The summed E-state index contributed by atoms with van der Waals surface area (Å²) in [5, 5.41) is 3.74. The van der Waals surface area contributed by atoms with Crippen LogP contribution in [0.25, 0.3) is 0 Å². The first-order valence-electron chi connectivity index (χ1n) is 7.54. The summed E-state index contributed by atoms with van der Waals surface area (Å²) < 4.78 is 10.9. The zero-order chi connectivity index (χ0) is 14.6. The lowest BCUT2D eigenvalue weighted by atomic mass is 9.82. The van der Waals surface area contributed by atoms with Crippen molar-refractivity contribution in [3.63, 3.8) is 0 Å². The number of methoxy groups -OCH3 is 2. The van der Waals surface area contributed by atoms with Crippen molar-refractivity contribution in [2.24, 2.45) is 5.92 Å². The zero-order valence-corrected chi connectivity index (χ0v) is 13.2. The van der Waals surface area contributed by atoms with Crippen molar-refractivity contribution in [3.8, 4) is 11.5 Å². The van der Waals surface area contributed by atoms with Crippen LogP contribution in [0.3, 0.4) is 0 Å². The van der Waals surface area contributed by atoms with E-state index in [1.807, 2.05) is 12.1 Å². The van der Waals surface area contributed by atoms with Gasteiger partial charge in [0.25, 0.3) is 0 Å². The van der Waals surface area contributed by atoms with Crippen LogP contribution in [0.4, 0.5) is 0 Å². The average Bonchev–Trinajstić information content (AvgIpc) is 2.86. The maximum absolute atomic E-state index is 5.52. The van der Waals surface area contributed by atoms with Crippen molar-refractivity contribution in [3.05, 3.63) is 23.8 Å². The van der Waals surface area contributed by atoms with Crippen molar-refractivity contribution in [1.82, 2.24) is 5.32 Å². The summed E-state index contributed by atoms with van der Waals surface area (Å²) in [6, 6.07) is 6.08. The molecule has 1 atom stereocenters. The van der Waals surface area contributed by atoms with Gasteiger partial charge in [-0.1, -0.05) is 13.8 Å². The van der Waals surface area contributed by atoms with Gasteiger partial charge in [-0.05, 0) is 61.9 Å². The van der Waals surface area contributed by atoms with Crippen LogP contribution in [0.5, 0.6) is 11.5 Å². The van der Waals surface area contributed by atoms with E-state index in [1.165, 1.54) is 24.8 Å². The molecule has 0 spiro atoms. The lowest BCUT2D eigenvalue weighted by molar-refractivity contribution is 0.296. The first-order valence-corrected chi connectivity index (χ1v) is 7.54. The molecule has 3 nitrogen and oxygen atoms in total. The molecule has 0 bridgehead atoms. The molecule has 1 aromatic rings. The molecule has 0 aromatic heterocycles. The minimum absolute atomic E-state index is 0.216. The Kier molecular flexibility index (Phi) is 4.92. The van der Waals surface area contributed by atoms with E-state index in [9.17, 15) is 0 Å². The molecule has 1 fully saturated rings. The number of nitrogens with one attached hydrogen (secondary N) is 1. The Balaban J connectivity index is 2.25. The molecule has 1 unspecified atom stereocenters. The molecule has 1 aromatic carbocycles. The monoisotopic (exact) mass is 277 g/mol. The molecule has 0 aliphatic carbocycles. The molecular formula is C17H27NO2. The normalized spacial score (nSPS) is 22.2. The third-order valence-electron chi connectivity index (χ3n) is 4.15. The molecule has 20 heavy (non-hydrogen) atoms. The Morgan fingerprint density at radius 3 is 2.60 bits per heavy atom. The van der Waals surface area contributed by atoms with E-state index in [1.54, 1.807) is 14.2 Å². The molecule has 0 saturated carbocycles. The lowest BCUT2D eigenvalue weighted by Crippen LogP contribution is -2.43. The van der Waals surface area contributed by atoms with Crippen LogP contribution >= 0.6 is 0 Å². The van der Waals surface area contributed by atoms with Gasteiger partial charge in [-0.2, -0.15) is 0 Å². The summed E-state index contributed by atoms with van der Waals surface area (Å²) in [4.78, 5) is 0. The summed E-state index contributed by atoms with van der Waals surface area (Å²) in [6.45, 7) is 5.72. The van der Waals surface area contributed by atoms with Gasteiger partial charge in [0.05, 0.1) is 14.2 Å². The fourth-order valence-electron chi connectivity index (χ4n) is 3.43. The third-order valence-corrected chi connectivity index (χ3v) is 4.15. The highest BCUT2D eigenvalue weighted by molar-refractivity contribution is 5.41. The summed E-state index contributed by atoms with van der Waals surface area (Å²) in [6.07, 6.45) is 4.71. The maximum atomic E-state index is 5.52. The molecule has 1 aliphatic heterocycles. The topological polar surface area (TPSA) is 30.5 Å². The van der Waals surface area contributed by atoms with E-state index in [0.29, 0.717) is 5.92 Å². The van der Waals surface area contributed by atoms with Gasteiger partial charge in [0.2, 0.25) is 0 Å². The number of benzene rings is 1. The fourth-order valence-corrected chi connectivity index (χ4v) is 3.43. The number of hydrogen-bond donors (Lipinski definition) is 1. The molecule has 0 radical (unpaired) electrons. The third kappa shape index (κ3) is 3.45. The van der Waals surface area contributed by atoms with Crippen LogP contribution in [0.1, 0.15) is 38.7 Å². The van der Waals surface area contributed by atoms with Gasteiger partial charge in [-0.25, -0.2) is 0 Å². The summed E-state index contributed by atoms with van der Waals surface area (Å²) in [5.74, 6) is 2.55. The van der Waals surface area contributed by atoms with Crippen molar-refractivity contribution >= 4 is 0 Å². The SMILES string of the molecule is COc1ccc(OC)c(CC2(CC(C)C)CCCN2)c1. The van der Waals surface area contributed by atoms with Crippen LogP contribution < -0.4 is 14.8 Å². The van der Waals surface area contributed by atoms with Gasteiger partial charge in [0, 0.05) is 5.54 Å². The second-order valence-electron chi connectivity index (χ2n) is 6.26. The van der Waals surface area contributed by atoms with E-state index in [4.69, 9.17) is 9.47 Å². The second kappa shape index (κ2) is 6.49. The summed E-state index contributed by atoms with van der Waals surface area (Å²) >= 11 is 0. The van der Waals surface area contributed by atoms with Crippen molar-refractivity contribution < 1.29 is 9.47 Å². The molecule has 2 rings (SSSR count). The van der Waals surface area contributed by atoms with Crippen molar-refractivity contribution in [2.75, 3.05) is 20.8 Å². The summed E-state index contributed by atoms with van der Waals surface area (Å²) in [7, 11) is 3.45. The van der Waals surface area contributed by atoms with E-state index in [2.05, 4.69) is 25.2 Å². The van der Waals surface area contributed by atoms with Crippen LogP contribution in [0, 0.1) is 5.92 Å². The van der Waals surface area contributed by atoms with Gasteiger partial charge in [-0.3, -0.25) is 0 Å². The molecule has 0 amide bonds. The smallest absolute Gasteiger partial charge is 0.122 e. The Morgan fingerprint density at radius 1 is 1.25 bits per heavy atom. The zero-order valence-electron chi connectivity index (χ0n) is 13.2. The molecular weight excluding hydrogens is 250 g/mol. The predicted molar refractivity (Wildman–Crippen MR) is 82.7 cm³/mol. The quantitative estimate of drug-likeness (QED) is 0.864. The van der Waals surface area contributed by atoms with E-state index < -0.39 is 0 Å².